The maximum absolute atomic E-state index is 11.1. The number of rotatable bonds is 7. The van der Waals surface area contributed by atoms with Gasteiger partial charge >= 0.3 is 5.97 Å². The number of nitrogens with one attached hydrogen (secondary N) is 3. The molecule has 0 aliphatic heterocycles. The molecule has 1 atom stereocenters. The van der Waals surface area contributed by atoms with Crippen LogP contribution in [0.5, 0.6) is 0 Å². The van der Waals surface area contributed by atoms with E-state index in [2.05, 4.69) is 36.0 Å². The van der Waals surface area contributed by atoms with E-state index in [1.54, 1.807) is 6.07 Å². The van der Waals surface area contributed by atoms with Crippen LogP contribution in [-0.4, -0.2) is 54.2 Å². The van der Waals surface area contributed by atoms with Gasteiger partial charge in [0.05, 0.1) is 23.2 Å². The van der Waals surface area contributed by atoms with Gasteiger partial charge in [-0.05, 0) is 24.1 Å². The number of aliphatic hydroxyl groups excluding tert-OH is 1. The van der Waals surface area contributed by atoms with Crippen molar-refractivity contribution in [1.29, 1.82) is 0 Å². The molecule has 3 rings (SSSR count). The average Bonchev–Trinajstić information content (AvgIpc) is 3.08. The molecule has 0 aliphatic carbocycles. The van der Waals surface area contributed by atoms with E-state index in [1.165, 1.54) is 12.1 Å². The average molecular weight is 392 g/mol. The largest absolute Gasteiger partial charge is 0.478 e. The smallest absolute Gasteiger partial charge is 0.337 e. The predicted molar refractivity (Wildman–Crippen MR) is 101 cm³/mol. The Hall–Kier alpha value is -2.98. The van der Waals surface area contributed by atoms with E-state index in [1.807, 2.05) is 13.8 Å². The van der Waals surface area contributed by atoms with Gasteiger partial charge in [-0.25, -0.2) is 4.79 Å². The molecule has 0 amide bonds. The van der Waals surface area contributed by atoms with Crippen LogP contribution < -0.4 is 10.6 Å². The van der Waals surface area contributed by atoms with Gasteiger partial charge in [0.15, 0.2) is 11.3 Å². The summed E-state index contributed by atoms with van der Waals surface area (Å²) in [6.07, 6.45) is 0. The molecule has 11 heteroatoms. The van der Waals surface area contributed by atoms with Crippen LogP contribution in [-0.2, 0) is 0 Å². The van der Waals surface area contributed by atoms with Crippen molar-refractivity contribution in [2.24, 2.45) is 5.92 Å². The van der Waals surface area contributed by atoms with E-state index in [9.17, 15) is 9.90 Å². The molecule has 0 saturated carbocycles. The molecule has 3 aromatic rings. The number of carboxylic acids is 1. The molecule has 2 heterocycles. The first kappa shape index (κ1) is 18.8. The first-order valence-electron chi connectivity index (χ1n) is 8.14. The Morgan fingerprint density at radius 2 is 2.07 bits per heavy atom. The Morgan fingerprint density at radius 1 is 1.30 bits per heavy atom. The fraction of sp³-hybridized carbons (Fsp3) is 0.312. The number of carbonyl (C=O) groups is 1. The number of hydrogen-bond acceptors (Lipinski definition) is 8. The minimum atomic E-state index is -1.11. The molecule has 10 nitrogen and oxygen atoms in total. The molecule has 5 N–H and O–H groups in total. The number of aromatic carboxylic acids is 1. The first-order chi connectivity index (χ1) is 12.9. The van der Waals surface area contributed by atoms with Gasteiger partial charge in [-0.2, -0.15) is 20.3 Å². The second kappa shape index (κ2) is 7.72. The third kappa shape index (κ3) is 4.07. The molecule has 0 bridgehead atoms. The highest BCUT2D eigenvalue weighted by atomic mass is 35.5. The fourth-order valence-corrected chi connectivity index (χ4v) is 2.65. The molecule has 0 fully saturated rings. The Morgan fingerprint density at radius 3 is 2.70 bits per heavy atom. The number of anilines is 3. The second-order valence-electron chi connectivity index (χ2n) is 6.19. The Kier molecular flexibility index (Phi) is 5.38. The van der Waals surface area contributed by atoms with Crippen LogP contribution in [0.25, 0.3) is 11.2 Å². The summed E-state index contributed by atoms with van der Waals surface area (Å²) in [5, 5.41) is 35.3. The van der Waals surface area contributed by atoms with E-state index < -0.39 is 5.97 Å². The number of aliphatic hydroxyl groups is 1. The van der Waals surface area contributed by atoms with Crippen LogP contribution in [0.4, 0.5) is 17.5 Å². The number of fused-ring (bicyclic) bond motifs is 1. The van der Waals surface area contributed by atoms with Crippen molar-refractivity contribution in [3.05, 3.63) is 28.8 Å². The van der Waals surface area contributed by atoms with Gasteiger partial charge < -0.3 is 20.8 Å². The zero-order valence-electron chi connectivity index (χ0n) is 14.6. The first-order valence-corrected chi connectivity index (χ1v) is 8.52. The lowest BCUT2D eigenvalue weighted by Crippen LogP contribution is -2.30. The van der Waals surface area contributed by atoms with Crippen molar-refractivity contribution < 1.29 is 15.0 Å². The van der Waals surface area contributed by atoms with Gasteiger partial charge in [0.25, 0.3) is 0 Å². The molecular weight excluding hydrogens is 374 g/mol. The zero-order valence-corrected chi connectivity index (χ0v) is 15.3. The van der Waals surface area contributed by atoms with Gasteiger partial charge in [0, 0.05) is 5.69 Å². The zero-order chi connectivity index (χ0) is 19.6. The van der Waals surface area contributed by atoms with E-state index in [4.69, 9.17) is 16.7 Å². The van der Waals surface area contributed by atoms with Crippen LogP contribution >= 0.6 is 11.6 Å². The summed E-state index contributed by atoms with van der Waals surface area (Å²) in [4.78, 5) is 19.8. The molecular formula is C16H18ClN7O3. The van der Waals surface area contributed by atoms with Crippen LogP contribution in [0.1, 0.15) is 24.2 Å². The van der Waals surface area contributed by atoms with Crippen molar-refractivity contribution in [3.8, 4) is 0 Å². The molecule has 2 aromatic heterocycles. The maximum atomic E-state index is 11.1. The summed E-state index contributed by atoms with van der Waals surface area (Å²) in [5.74, 6) is -0.316. The third-order valence-corrected chi connectivity index (χ3v) is 4.27. The SMILES string of the molecule is CC(C)[C@H](CO)Nc1nc(Nc2ccc(C(=O)O)c(Cl)c2)c2n[nH]nc2n1. The highest BCUT2D eigenvalue weighted by Crippen LogP contribution is 2.26. The summed E-state index contributed by atoms with van der Waals surface area (Å²) >= 11 is 6.01. The van der Waals surface area contributed by atoms with Gasteiger partial charge in [0.2, 0.25) is 11.6 Å². The molecule has 0 radical (unpaired) electrons. The standard InChI is InChI=1S/C16H18ClN7O3/c1-7(2)11(6-25)19-16-20-13(12-14(21-16)23-24-22-12)18-8-3-4-9(15(26)27)10(17)5-8/h3-5,7,11,25H,6H2,1-2H3,(H,26,27)(H3,18,19,20,21,22,23,24)/t11-/m0/s1. The Labute approximate surface area is 159 Å². The van der Waals surface area contributed by atoms with Crippen LogP contribution in [0.15, 0.2) is 18.2 Å². The molecule has 0 saturated heterocycles. The minimum absolute atomic E-state index is 0.00145. The van der Waals surface area contributed by atoms with Gasteiger partial charge in [-0.1, -0.05) is 25.4 Å². The lowest BCUT2D eigenvalue weighted by Gasteiger charge is -2.20. The summed E-state index contributed by atoms with van der Waals surface area (Å²) < 4.78 is 0. The van der Waals surface area contributed by atoms with Crippen molar-refractivity contribution in [2.75, 3.05) is 17.2 Å². The van der Waals surface area contributed by atoms with Crippen molar-refractivity contribution in [2.45, 2.75) is 19.9 Å². The van der Waals surface area contributed by atoms with Crippen molar-refractivity contribution >= 4 is 46.2 Å². The molecule has 1 aromatic carbocycles. The third-order valence-electron chi connectivity index (χ3n) is 3.96. The van der Waals surface area contributed by atoms with Crippen molar-refractivity contribution in [3.63, 3.8) is 0 Å². The summed E-state index contributed by atoms with van der Waals surface area (Å²) in [6.45, 7) is 3.86. The van der Waals surface area contributed by atoms with E-state index in [0.717, 1.165) is 0 Å². The second-order valence-corrected chi connectivity index (χ2v) is 6.60. The Balaban J connectivity index is 1.95. The number of aromatic nitrogens is 5. The van der Waals surface area contributed by atoms with Gasteiger partial charge in [-0.3, -0.25) is 0 Å². The monoisotopic (exact) mass is 391 g/mol. The normalized spacial score (nSPS) is 12.3. The molecule has 0 aliphatic rings. The fourth-order valence-electron chi connectivity index (χ4n) is 2.39. The number of H-pyrrole nitrogens is 1. The maximum Gasteiger partial charge on any atom is 0.337 e. The summed E-state index contributed by atoms with van der Waals surface area (Å²) in [6, 6.07) is 4.22. The van der Waals surface area contributed by atoms with Crippen LogP contribution in [0, 0.1) is 5.92 Å². The predicted octanol–water partition coefficient (Wildman–Crippen LogP) is 2.27. The van der Waals surface area contributed by atoms with Gasteiger partial charge in [0.1, 0.15) is 0 Å². The highest BCUT2D eigenvalue weighted by molar-refractivity contribution is 6.33. The highest BCUT2D eigenvalue weighted by Gasteiger charge is 2.17. The van der Waals surface area contributed by atoms with Crippen LogP contribution in [0.2, 0.25) is 5.02 Å². The van der Waals surface area contributed by atoms with Gasteiger partial charge in [-0.15, -0.1) is 5.10 Å². The number of aromatic amines is 1. The van der Waals surface area contributed by atoms with E-state index >= 15 is 0 Å². The summed E-state index contributed by atoms with van der Waals surface area (Å²) in [7, 11) is 0. The Bertz CT molecular complexity index is 976. The number of halogens is 1. The van der Waals surface area contributed by atoms with E-state index in [0.29, 0.717) is 22.7 Å². The lowest BCUT2D eigenvalue weighted by atomic mass is 10.1. The topological polar surface area (TPSA) is 149 Å². The number of carboxylic acid groups (broad SMARTS) is 1. The minimum Gasteiger partial charge on any atom is -0.478 e. The van der Waals surface area contributed by atoms with Crippen LogP contribution in [0.3, 0.4) is 0 Å². The summed E-state index contributed by atoms with van der Waals surface area (Å²) in [5.41, 5.74) is 1.27. The number of hydrogen-bond donors (Lipinski definition) is 5. The quantitative estimate of drug-likeness (QED) is 0.408. The lowest BCUT2D eigenvalue weighted by molar-refractivity contribution is 0.0697. The number of benzene rings is 1. The molecule has 142 valence electrons. The molecule has 0 spiro atoms. The van der Waals surface area contributed by atoms with E-state index in [-0.39, 0.29) is 35.1 Å². The number of nitrogens with zero attached hydrogens (tertiary/aromatic N) is 4. The molecule has 0 unspecified atom stereocenters. The van der Waals surface area contributed by atoms with Crippen molar-refractivity contribution in [1.82, 2.24) is 25.4 Å². The molecule has 27 heavy (non-hydrogen) atoms.